The molecule has 0 radical (unpaired) electrons. The molecule has 0 N–H and O–H groups in total. The number of benzene rings is 19. The van der Waals surface area contributed by atoms with Crippen molar-refractivity contribution in [2.75, 3.05) is 0 Å². The van der Waals surface area contributed by atoms with Crippen LogP contribution >= 0.6 is 0 Å². The maximum absolute atomic E-state index is 12.1. The Morgan fingerprint density at radius 1 is 0.168 bits per heavy atom. The van der Waals surface area contributed by atoms with Gasteiger partial charge in [-0.2, -0.15) is 0 Å². The van der Waals surface area contributed by atoms with Gasteiger partial charge in [0.05, 0.1) is 0 Å². The van der Waals surface area contributed by atoms with Gasteiger partial charge >= 0.3 is 0 Å². The molecule has 0 aromatic heterocycles. The van der Waals surface area contributed by atoms with E-state index in [0.717, 1.165) is 29.0 Å². The summed E-state index contributed by atoms with van der Waals surface area (Å²) in [7, 11) is 0. The van der Waals surface area contributed by atoms with Gasteiger partial charge in [0.25, 0.3) is 0 Å². The Labute approximate surface area is 783 Å². The van der Waals surface area contributed by atoms with E-state index < -0.39 is 0 Å². The second-order valence-electron chi connectivity index (χ2n) is 34.8. The van der Waals surface area contributed by atoms with E-state index in [1.54, 1.807) is 0 Å². The molecular weight excluding hydrogens is 1580 g/mol. The van der Waals surface area contributed by atoms with Gasteiger partial charge in [-0.1, -0.05) is 496 Å². The monoisotopic (exact) mass is 1710 g/mol. The largest absolute Gasteiger partial charge is 0.457 e. The smallest absolute Gasteiger partial charge is 0.193 e. The maximum Gasteiger partial charge on any atom is 0.193 e. The lowest BCUT2D eigenvalue weighted by molar-refractivity contribution is 0.103. The fourth-order valence-electron chi connectivity index (χ4n) is 15.0. The summed E-state index contributed by atoms with van der Waals surface area (Å²) in [6.45, 7) is 37.9. The summed E-state index contributed by atoms with van der Waals surface area (Å²) in [6.07, 6.45) is 1.03. The minimum absolute atomic E-state index is 0. The Balaban J connectivity index is 0.000000154. The highest BCUT2D eigenvalue weighted by Crippen LogP contribution is 2.30. The zero-order valence-electron chi connectivity index (χ0n) is 79.4. The van der Waals surface area contributed by atoms with Gasteiger partial charge in [0.15, 0.2) is 5.78 Å². The lowest BCUT2D eigenvalue weighted by Gasteiger charge is -2.06. The van der Waals surface area contributed by atoms with Gasteiger partial charge < -0.3 is 4.74 Å². The molecule has 0 fully saturated rings. The molecule has 2 heteroatoms. The Bertz CT molecular complexity index is 6330. The number of rotatable bonds is 10. The number of carbonyl (C=O) groups excluding carboxylic acids is 1. The van der Waals surface area contributed by atoms with Crippen molar-refractivity contribution >= 4 is 38.1 Å². The van der Waals surface area contributed by atoms with E-state index in [1.165, 1.54) is 188 Å². The Morgan fingerprint density at radius 3 is 0.710 bits per heavy atom. The van der Waals surface area contributed by atoms with Crippen molar-refractivity contribution in [2.24, 2.45) is 0 Å². The lowest BCUT2D eigenvalue weighted by atomic mass is 9.99. The van der Waals surface area contributed by atoms with Crippen LogP contribution < -0.4 is 4.74 Å². The zero-order chi connectivity index (χ0) is 92.4. The average Bonchev–Trinajstić information content (AvgIpc) is 0.790. The number of aryl methyl sites for hydroxylation is 18. The van der Waals surface area contributed by atoms with Crippen LogP contribution in [0.25, 0.3) is 76.8 Å². The third-order valence-electron chi connectivity index (χ3n) is 22.3. The van der Waals surface area contributed by atoms with E-state index in [9.17, 15) is 4.79 Å². The van der Waals surface area contributed by atoms with Crippen LogP contribution in [0.15, 0.2) is 425 Å². The van der Waals surface area contributed by atoms with Crippen LogP contribution in [-0.4, -0.2) is 5.78 Å². The van der Waals surface area contributed by atoms with Gasteiger partial charge in [-0.3, -0.25) is 4.79 Å². The van der Waals surface area contributed by atoms with Crippen molar-refractivity contribution in [2.45, 2.75) is 138 Å². The van der Waals surface area contributed by atoms with E-state index in [-0.39, 0.29) is 13.2 Å². The average molecular weight is 1710 g/mol. The van der Waals surface area contributed by atoms with E-state index in [2.05, 4.69) is 432 Å². The molecule has 0 unspecified atom stereocenters. The normalized spacial score (nSPS) is 10.2. The summed E-state index contributed by atoms with van der Waals surface area (Å²) >= 11 is 0. The molecule has 0 bridgehead atoms. The summed E-state index contributed by atoms with van der Waals surface area (Å²) in [5.74, 6) is 1.84. The van der Waals surface area contributed by atoms with Crippen LogP contribution in [0, 0.1) is 125 Å². The molecule has 0 saturated carbocycles. The van der Waals surface area contributed by atoms with Gasteiger partial charge in [-0.05, 0) is 255 Å². The second kappa shape index (κ2) is 49.7. The SMILES string of the molecule is C.Cc1cc(C)cc(-c2ccccc2)c1.Cc1ccc(C(=O)c2ccc(C)cc2)cc1.Cc1ccc(Cc2ccc(C)cc2)cc1.Cc1ccc(Oc2ccc(C)cc2)cc1.Cc1ccc2cc3ccc(C)cc3cc2c1.Cc1ccc2ccc(C)cc2c1.Cc1cccc(-c2ccc(-c3cccc(C)c3)cc2)c1.Cc1cccc(-c2cccc(C)c2)c1.Cc1cccc(C)c1. The molecule has 19 rings (SSSR count). The molecule has 658 valence electrons. The van der Waals surface area contributed by atoms with E-state index in [0.29, 0.717) is 0 Å². The summed E-state index contributed by atoms with van der Waals surface area (Å²) in [6, 6.07) is 149. The number of hydrogen-bond donors (Lipinski definition) is 0. The van der Waals surface area contributed by atoms with Crippen molar-refractivity contribution in [3.05, 3.63) is 547 Å². The van der Waals surface area contributed by atoms with Gasteiger partial charge in [0, 0.05) is 11.1 Å². The molecule has 131 heavy (non-hydrogen) atoms. The highest BCUT2D eigenvalue weighted by atomic mass is 16.5. The fourth-order valence-corrected chi connectivity index (χ4v) is 15.0. The van der Waals surface area contributed by atoms with Crippen molar-refractivity contribution in [3.63, 3.8) is 0 Å². The summed E-state index contributed by atoms with van der Waals surface area (Å²) in [5.41, 5.74) is 37.8. The Kier molecular flexibility index (Phi) is 37.4. The third kappa shape index (κ3) is 32.6. The first kappa shape index (κ1) is 98.6. The number of fused-ring (bicyclic) bond motifs is 3. The minimum atomic E-state index is 0. The summed E-state index contributed by atoms with van der Waals surface area (Å²) in [4.78, 5) is 12.1. The van der Waals surface area contributed by atoms with Crippen LogP contribution in [0.4, 0.5) is 0 Å². The van der Waals surface area contributed by atoms with Gasteiger partial charge in [-0.25, -0.2) is 0 Å². The minimum Gasteiger partial charge on any atom is -0.457 e. The first-order chi connectivity index (χ1) is 62.6. The molecule has 0 aliphatic carbocycles. The molecule has 0 heterocycles. The molecule has 0 atom stereocenters. The van der Waals surface area contributed by atoms with Gasteiger partial charge in [0.2, 0.25) is 0 Å². The van der Waals surface area contributed by atoms with Crippen LogP contribution in [0.5, 0.6) is 11.5 Å². The van der Waals surface area contributed by atoms with Crippen molar-refractivity contribution < 1.29 is 9.53 Å². The molecule has 0 aliphatic heterocycles. The number of ether oxygens (including phenoxy) is 1. The van der Waals surface area contributed by atoms with Crippen molar-refractivity contribution in [3.8, 4) is 56.0 Å². The van der Waals surface area contributed by atoms with Crippen LogP contribution in [0.2, 0.25) is 0 Å². The quantitative estimate of drug-likeness (QED) is 0.101. The maximum atomic E-state index is 12.1. The van der Waals surface area contributed by atoms with Crippen LogP contribution in [-0.2, 0) is 6.42 Å². The Hall–Kier alpha value is -14.6. The number of carbonyl (C=O) groups is 1. The van der Waals surface area contributed by atoms with E-state index in [4.69, 9.17) is 4.74 Å². The van der Waals surface area contributed by atoms with Crippen molar-refractivity contribution in [1.82, 2.24) is 0 Å². The molecular formula is C129H130O2. The highest BCUT2D eigenvalue weighted by molar-refractivity contribution is 6.09. The van der Waals surface area contributed by atoms with Crippen LogP contribution in [0.3, 0.4) is 0 Å². The molecule has 0 aliphatic rings. The number of hydrogen-bond acceptors (Lipinski definition) is 2. The molecule has 0 amide bonds. The molecule has 0 saturated heterocycles. The second-order valence-corrected chi connectivity index (χ2v) is 34.8. The molecule has 2 nitrogen and oxygen atoms in total. The molecule has 19 aromatic carbocycles. The van der Waals surface area contributed by atoms with Crippen LogP contribution in [0.1, 0.15) is 135 Å². The molecule has 19 aromatic rings. The van der Waals surface area contributed by atoms with Gasteiger partial charge in [-0.15, -0.1) is 0 Å². The standard InChI is InChI=1S/C20H18.C16H14.C15H14O.C15H16.C14H14O.2C14H14.C12H12.C8H10.CH4/c1-15-5-3-7-19(13-15)17-9-11-18(12-10-17)20-8-4-6-16(2)14-20;1-11-3-5-13-9-14-6-4-12(2)8-16(14)10-15(13)7-11;1-11-3-7-13(8-4-11)15(16)14-9-5-12(2)6-10-14;1-12-3-7-14(8-4-12)11-15-9-5-13(2)6-10-15;1-11-3-7-13(8-4-11)15-14-9-5-12(2)6-10-14;1-11-5-3-7-13(9-11)14-8-4-6-12(2)10-14;1-11-8-12(2)10-14(9-11)13-6-4-3-5-7-13;1-9-3-5-11-6-4-10(2)8-12(11)7-9;1-7-4-3-5-8(2)6-7;/h3-14H,1-2H3;2*3-10H,1-2H3;3-10H,11H2,1-2H3;3-10H,1-2H3;2*3-10H,1-2H3;3-8H,1-2H3;3-6H,1-2H3;1H4. The highest BCUT2D eigenvalue weighted by Gasteiger charge is 2.10. The summed E-state index contributed by atoms with van der Waals surface area (Å²) in [5, 5.41) is 7.97. The van der Waals surface area contributed by atoms with E-state index in [1.807, 2.05) is 117 Å². The Morgan fingerprint density at radius 2 is 0.397 bits per heavy atom. The first-order valence-corrected chi connectivity index (χ1v) is 45.2. The predicted molar refractivity (Wildman–Crippen MR) is 570 cm³/mol. The lowest BCUT2D eigenvalue weighted by Crippen LogP contribution is -2.00. The molecule has 0 spiro atoms. The summed E-state index contributed by atoms with van der Waals surface area (Å²) < 4.78 is 5.69. The van der Waals surface area contributed by atoms with E-state index >= 15 is 0 Å². The first-order valence-electron chi connectivity index (χ1n) is 45.2. The van der Waals surface area contributed by atoms with Crippen molar-refractivity contribution in [1.29, 1.82) is 0 Å². The van der Waals surface area contributed by atoms with Gasteiger partial charge in [0.1, 0.15) is 11.5 Å². The zero-order valence-corrected chi connectivity index (χ0v) is 79.4. The topological polar surface area (TPSA) is 26.3 Å². The fraction of sp³-hybridized carbons (Fsp3) is 0.155. The number of ketones is 1. The third-order valence-corrected chi connectivity index (χ3v) is 22.3. The predicted octanol–water partition coefficient (Wildman–Crippen LogP) is 36.1.